The van der Waals surface area contributed by atoms with Crippen molar-refractivity contribution in [3.63, 3.8) is 0 Å². The highest BCUT2D eigenvalue weighted by atomic mass is 19.1. The van der Waals surface area contributed by atoms with Crippen LogP contribution in [0.1, 0.15) is 12.6 Å². The molecule has 0 radical (unpaired) electrons. The van der Waals surface area contributed by atoms with Gasteiger partial charge in [-0.1, -0.05) is 0 Å². The minimum atomic E-state index is -0.749. The second-order valence-electron chi connectivity index (χ2n) is 4.32. The van der Waals surface area contributed by atoms with Gasteiger partial charge in [-0.25, -0.2) is 18.7 Å². The van der Waals surface area contributed by atoms with Crippen molar-refractivity contribution in [1.82, 2.24) is 15.0 Å². The fourth-order valence-electron chi connectivity index (χ4n) is 1.65. The molecular formula is C13H14F2N4O. The summed E-state index contributed by atoms with van der Waals surface area (Å²) in [4.78, 5) is 12.0. The zero-order valence-corrected chi connectivity index (χ0v) is 11.1. The number of anilines is 1. The quantitative estimate of drug-likeness (QED) is 0.930. The van der Waals surface area contributed by atoms with Crippen molar-refractivity contribution in [2.45, 2.75) is 20.0 Å². The van der Waals surface area contributed by atoms with Crippen molar-refractivity contribution in [2.24, 2.45) is 0 Å². The van der Waals surface area contributed by atoms with Crippen LogP contribution in [0.3, 0.4) is 0 Å². The smallest absolute Gasteiger partial charge is 0.250 e. The summed E-state index contributed by atoms with van der Waals surface area (Å²) < 4.78 is 31.2. The summed E-state index contributed by atoms with van der Waals surface area (Å²) in [7, 11) is 0. The lowest BCUT2D eigenvalue weighted by Crippen LogP contribution is -2.15. The van der Waals surface area contributed by atoms with E-state index in [-0.39, 0.29) is 11.7 Å². The Morgan fingerprint density at radius 1 is 1.35 bits per heavy atom. The summed E-state index contributed by atoms with van der Waals surface area (Å²) in [6.45, 7) is 2.49. The number of rotatable bonds is 4. The third-order valence-corrected chi connectivity index (χ3v) is 2.58. The number of nitrogens with two attached hydrogens (primary N) is 1. The summed E-state index contributed by atoms with van der Waals surface area (Å²) in [5, 5.41) is 0. The molecule has 0 unspecified atom stereocenters. The first-order valence-electron chi connectivity index (χ1n) is 5.99. The Morgan fingerprint density at radius 3 is 2.70 bits per heavy atom. The van der Waals surface area contributed by atoms with Gasteiger partial charge >= 0.3 is 0 Å². The lowest BCUT2D eigenvalue weighted by molar-refractivity contribution is 0.167. The van der Waals surface area contributed by atoms with Crippen LogP contribution < -0.4 is 10.5 Å². The normalized spacial score (nSPS) is 12.2. The molecule has 0 fully saturated rings. The lowest BCUT2D eigenvalue weighted by atomic mass is 10.1. The number of nitrogens with zero attached hydrogens (tertiary/aromatic N) is 3. The number of aromatic nitrogens is 3. The number of aryl methyl sites for hydroxylation is 1. The Labute approximate surface area is 114 Å². The Morgan fingerprint density at radius 2 is 2.10 bits per heavy atom. The summed E-state index contributed by atoms with van der Waals surface area (Å²) in [6, 6.07) is 1.22. The van der Waals surface area contributed by atoms with Crippen molar-refractivity contribution >= 4 is 5.82 Å². The SMILES string of the molecule is Cc1nc(N)cnc1-c1cnc(O[C@@H](C)CF)c(F)c1. The molecule has 2 heterocycles. The van der Waals surface area contributed by atoms with Gasteiger partial charge in [0.2, 0.25) is 0 Å². The predicted octanol–water partition coefficient (Wildman–Crippen LogP) is 2.31. The average molecular weight is 280 g/mol. The van der Waals surface area contributed by atoms with Gasteiger partial charge in [0, 0.05) is 11.8 Å². The molecule has 0 amide bonds. The van der Waals surface area contributed by atoms with Crippen LogP contribution in [-0.2, 0) is 0 Å². The van der Waals surface area contributed by atoms with Crippen molar-refractivity contribution < 1.29 is 13.5 Å². The van der Waals surface area contributed by atoms with Gasteiger partial charge in [0.1, 0.15) is 18.6 Å². The monoisotopic (exact) mass is 280 g/mol. The van der Waals surface area contributed by atoms with Gasteiger partial charge in [0.25, 0.3) is 5.88 Å². The highest BCUT2D eigenvalue weighted by Crippen LogP contribution is 2.24. The molecule has 0 aliphatic heterocycles. The van der Waals surface area contributed by atoms with Crippen LogP contribution in [0.5, 0.6) is 5.88 Å². The van der Waals surface area contributed by atoms with Gasteiger partial charge in [0.15, 0.2) is 5.82 Å². The van der Waals surface area contributed by atoms with Crippen molar-refractivity contribution in [3.8, 4) is 17.1 Å². The van der Waals surface area contributed by atoms with Gasteiger partial charge in [0.05, 0.1) is 17.6 Å². The molecule has 20 heavy (non-hydrogen) atoms. The number of halogens is 2. The molecule has 7 heteroatoms. The number of hydrogen-bond donors (Lipinski definition) is 1. The van der Waals surface area contributed by atoms with E-state index in [1.165, 1.54) is 25.4 Å². The lowest BCUT2D eigenvalue weighted by Gasteiger charge is -2.11. The fraction of sp³-hybridized carbons (Fsp3) is 0.308. The fourth-order valence-corrected chi connectivity index (χ4v) is 1.65. The highest BCUT2D eigenvalue weighted by molar-refractivity contribution is 5.61. The van der Waals surface area contributed by atoms with Crippen molar-refractivity contribution in [3.05, 3.63) is 30.0 Å². The van der Waals surface area contributed by atoms with Crippen LogP contribution in [0.4, 0.5) is 14.6 Å². The molecule has 0 spiro atoms. The number of nitrogen functional groups attached to an aromatic ring is 1. The highest BCUT2D eigenvalue weighted by Gasteiger charge is 2.13. The zero-order valence-electron chi connectivity index (χ0n) is 11.1. The molecule has 2 N–H and O–H groups in total. The molecule has 5 nitrogen and oxygen atoms in total. The Balaban J connectivity index is 2.33. The van der Waals surface area contributed by atoms with E-state index in [0.29, 0.717) is 17.0 Å². The predicted molar refractivity (Wildman–Crippen MR) is 70.4 cm³/mol. The molecule has 2 rings (SSSR count). The van der Waals surface area contributed by atoms with Gasteiger partial charge in [-0.3, -0.25) is 4.98 Å². The second-order valence-corrected chi connectivity index (χ2v) is 4.32. The molecule has 106 valence electrons. The minimum Gasteiger partial charge on any atom is -0.470 e. The van der Waals surface area contributed by atoms with Crippen LogP contribution >= 0.6 is 0 Å². The maximum Gasteiger partial charge on any atom is 0.250 e. The van der Waals surface area contributed by atoms with E-state index in [0.717, 1.165) is 0 Å². The van der Waals surface area contributed by atoms with Crippen molar-refractivity contribution in [1.29, 1.82) is 0 Å². The second kappa shape index (κ2) is 5.77. The van der Waals surface area contributed by atoms with E-state index >= 15 is 0 Å². The third kappa shape index (κ3) is 2.98. The maximum absolute atomic E-state index is 13.9. The summed E-state index contributed by atoms with van der Waals surface area (Å²) >= 11 is 0. The van der Waals surface area contributed by atoms with Gasteiger partial charge < -0.3 is 10.5 Å². The molecule has 1 atom stereocenters. The topological polar surface area (TPSA) is 73.9 Å². The molecule has 2 aromatic heterocycles. The summed E-state index contributed by atoms with van der Waals surface area (Å²) in [5.74, 6) is -0.628. The maximum atomic E-state index is 13.9. The Hall–Kier alpha value is -2.31. The van der Waals surface area contributed by atoms with E-state index in [4.69, 9.17) is 10.5 Å². The largest absolute Gasteiger partial charge is 0.470 e. The van der Waals surface area contributed by atoms with E-state index in [9.17, 15) is 8.78 Å². The number of pyridine rings is 1. The van der Waals surface area contributed by atoms with E-state index < -0.39 is 18.6 Å². The molecular weight excluding hydrogens is 266 g/mol. The van der Waals surface area contributed by atoms with Gasteiger partial charge in [-0.15, -0.1) is 0 Å². The van der Waals surface area contributed by atoms with Crippen LogP contribution in [0.15, 0.2) is 18.5 Å². The first kappa shape index (κ1) is 14.1. The molecule has 2 aromatic rings. The summed E-state index contributed by atoms with van der Waals surface area (Å²) in [5.41, 5.74) is 7.01. The van der Waals surface area contributed by atoms with E-state index in [1.807, 2.05) is 0 Å². The Bertz CT molecular complexity index is 621. The molecule has 0 saturated heterocycles. The van der Waals surface area contributed by atoms with Crippen molar-refractivity contribution in [2.75, 3.05) is 12.4 Å². The average Bonchev–Trinajstić information content (AvgIpc) is 2.41. The minimum absolute atomic E-state index is 0.236. The van der Waals surface area contributed by atoms with Crippen LogP contribution in [0, 0.1) is 12.7 Å². The van der Waals surface area contributed by atoms with Gasteiger partial charge in [-0.2, -0.15) is 0 Å². The van der Waals surface area contributed by atoms with E-state index in [1.54, 1.807) is 6.92 Å². The summed E-state index contributed by atoms with van der Waals surface area (Å²) in [6.07, 6.45) is 2.03. The van der Waals surface area contributed by atoms with E-state index in [2.05, 4.69) is 15.0 Å². The third-order valence-electron chi connectivity index (χ3n) is 2.58. The Kier molecular flexibility index (Phi) is 4.07. The molecule has 0 aliphatic carbocycles. The number of ether oxygens (including phenoxy) is 1. The first-order chi connectivity index (χ1) is 9.51. The first-order valence-corrected chi connectivity index (χ1v) is 5.99. The molecule has 0 aromatic carbocycles. The molecule has 0 bridgehead atoms. The standard InChI is InChI=1S/C13H14F2N4O/c1-7(4-14)20-13-10(15)3-9(5-18-13)12-8(2)19-11(16)6-17-12/h3,5-7H,4H2,1-2H3,(H2,16,19)/t7-/m0/s1. The van der Waals surface area contributed by atoms with Gasteiger partial charge in [-0.05, 0) is 19.9 Å². The zero-order chi connectivity index (χ0) is 14.7. The molecule has 0 aliphatic rings. The van der Waals surface area contributed by atoms with Crippen LogP contribution in [-0.4, -0.2) is 27.7 Å². The van der Waals surface area contributed by atoms with Crippen LogP contribution in [0.25, 0.3) is 11.3 Å². The molecule has 0 saturated carbocycles. The van der Waals surface area contributed by atoms with Crippen LogP contribution in [0.2, 0.25) is 0 Å². The number of hydrogen-bond acceptors (Lipinski definition) is 5. The number of alkyl halides is 1.